The van der Waals surface area contributed by atoms with E-state index >= 15 is 0 Å². The van der Waals surface area contributed by atoms with E-state index in [1.807, 2.05) is 29.6 Å². The van der Waals surface area contributed by atoms with E-state index in [2.05, 4.69) is 4.98 Å². The number of nitrogens with zero attached hydrogens (tertiary/aromatic N) is 1. The Morgan fingerprint density at radius 3 is 3.00 bits per heavy atom. The molecule has 0 saturated carbocycles. The highest BCUT2D eigenvalue weighted by molar-refractivity contribution is 7.07. The molecule has 0 radical (unpaired) electrons. The van der Waals surface area contributed by atoms with Crippen LogP contribution in [0.25, 0.3) is 11.3 Å². The van der Waals surface area contributed by atoms with E-state index in [0.717, 1.165) is 16.8 Å². The quantitative estimate of drug-likeness (QED) is 0.883. The van der Waals surface area contributed by atoms with Gasteiger partial charge in [0.1, 0.15) is 0 Å². The zero-order chi connectivity index (χ0) is 11.4. The van der Waals surface area contributed by atoms with Crippen LogP contribution in [0.1, 0.15) is 12.0 Å². The normalized spacial score (nSPS) is 10.2. The highest BCUT2D eigenvalue weighted by Gasteiger charge is 2.03. The van der Waals surface area contributed by atoms with E-state index in [0.29, 0.717) is 6.42 Å². The zero-order valence-corrected chi connectivity index (χ0v) is 9.41. The second-order valence-electron chi connectivity index (χ2n) is 3.47. The second-order valence-corrected chi connectivity index (χ2v) is 4.19. The summed E-state index contributed by atoms with van der Waals surface area (Å²) >= 11 is 1.55. The van der Waals surface area contributed by atoms with Crippen LogP contribution >= 0.6 is 11.3 Å². The lowest BCUT2D eigenvalue weighted by Gasteiger charge is -2.01. The van der Waals surface area contributed by atoms with Crippen LogP contribution in [0, 0.1) is 0 Å². The van der Waals surface area contributed by atoms with Gasteiger partial charge in [-0.15, -0.1) is 11.3 Å². The smallest absolute Gasteiger partial charge is 0.303 e. The van der Waals surface area contributed by atoms with Gasteiger partial charge in [-0.1, -0.05) is 18.2 Å². The first-order valence-corrected chi connectivity index (χ1v) is 5.89. The molecule has 2 rings (SSSR count). The van der Waals surface area contributed by atoms with Gasteiger partial charge in [-0.3, -0.25) is 4.79 Å². The minimum Gasteiger partial charge on any atom is -0.481 e. The van der Waals surface area contributed by atoms with Gasteiger partial charge in [-0.05, 0) is 18.1 Å². The van der Waals surface area contributed by atoms with Crippen LogP contribution in [0.2, 0.25) is 0 Å². The number of thiazole rings is 1. The Morgan fingerprint density at radius 2 is 2.31 bits per heavy atom. The van der Waals surface area contributed by atoms with Crippen LogP contribution in [0.15, 0.2) is 35.2 Å². The Balaban J connectivity index is 2.17. The predicted octanol–water partition coefficient (Wildman–Crippen LogP) is 2.83. The van der Waals surface area contributed by atoms with Crippen molar-refractivity contribution in [2.24, 2.45) is 0 Å². The van der Waals surface area contributed by atoms with Crippen molar-refractivity contribution in [1.29, 1.82) is 0 Å². The summed E-state index contributed by atoms with van der Waals surface area (Å²) in [6, 6.07) is 7.86. The molecular weight excluding hydrogens is 222 g/mol. The van der Waals surface area contributed by atoms with E-state index < -0.39 is 5.97 Å². The third-order valence-electron chi connectivity index (χ3n) is 2.28. The molecule has 3 nitrogen and oxygen atoms in total. The minimum atomic E-state index is -0.765. The number of aromatic nitrogens is 1. The van der Waals surface area contributed by atoms with Crippen molar-refractivity contribution in [3.05, 3.63) is 40.7 Å². The van der Waals surface area contributed by atoms with E-state index in [1.54, 1.807) is 16.8 Å². The Bertz CT molecular complexity index is 480. The van der Waals surface area contributed by atoms with Crippen LogP contribution < -0.4 is 0 Å². The summed E-state index contributed by atoms with van der Waals surface area (Å²) in [5.41, 5.74) is 4.82. The summed E-state index contributed by atoms with van der Waals surface area (Å²) in [5, 5.41) is 10.6. The number of hydrogen-bond acceptors (Lipinski definition) is 3. The zero-order valence-electron chi connectivity index (χ0n) is 8.59. The molecule has 2 aromatic rings. The number of aryl methyl sites for hydroxylation is 1. The predicted molar refractivity (Wildman–Crippen MR) is 63.5 cm³/mol. The van der Waals surface area contributed by atoms with E-state index in [1.165, 1.54) is 0 Å². The Morgan fingerprint density at radius 1 is 1.44 bits per heavy atom. The number of carboxylic acids is 1. The average Bonchev–Trinajstić information content (AvgIpc) is 2.80. The summed E-state index contributed by atoms with van der Waals surface area (Å²) in [6.45, 7) is 0. The van der Waals surface area contributed by atoms with Crippen molar-refractivity contribution in [3.63, 3.8) is 0 Å². The summed E-state index contributed by atoms with van der Waals surface area (Å²) in [7, 11) is 0. The third-order valence-corrected chi connectivity index (χ3v) is 2.87. The molecule has 0 amide bonds. The van der Waals surface area contributed by atoms with E-state index in [-0.39, 0.29) is 6.42 Å². The number of carbonyl (C=O) groups is 1. The average molecular weight is 233 g/mol. The lowest BCUT2D eigenvalue weighted by atomic mass is 10.1. The summed E-state index contributed by atoms with van der Waals surface area (Å²) in [6.07, 6.45) is 0.730. The molecule has 82 valence electrons. The molecule has 0 spiro atoms. The number of carboxylic acid groups (broad SMARTS) is 1. The maximum absolute atomic E-state index is 10.5. The van der Waals surface area contributed by atoms with Crippen molar-refractivity contribution < 1.29 is 9.90 Å². The first-order chi connectivity index (χ1) is 7.75. The third kappa shape index (κ3) is 2.67. The first kappa shape index (κ1) is 10.8. The molecule has 0 aliphatic carbocycles. The molecule has 0 aliphatic rings. The van der Waals surface area contributed by atoms with Crippen molar-refractivity contribution in [3.8, 4) is 11.3 Å². The Kier molecular flexibility index (Phi) is 3.31. The molecule has 16 heavy (non-hydrogen) atoms. The van der Waals surface area contributed by atoms with E-state index in [9.17, 15) is 4.79 Å². The van der Waals surface area contributed by atoms with Gasteiger partial charge in [0.2, 0.25) is 0 Å². The van der Waals surface area contributed by atoms with Crippen LogP contribution in [0.5, 0.6) is 0 Å². The summed E-state index contributed by atoms with van der Waals surface area (Å²) in [4.78, 5) is 14.7. The fourth-order valence-electron chi connectivity index (χ4n) is 1.49. The minimum absolute atomic E-state index is 0.167. The van der Waals surface area contributed by atoms with Crippen molar-refractivity contribution in [2.45, 2.75) is 12.8 Å². The Hall–Kier alpha value is -1.68. The van der Waals surface area contributed by atoms with Crippen molar-refractivity contribution >= 4 is 17.3 Å². The molecular formula is C12H11NO2S. The van der Waals surface area contributed by atoms with Crippen molar-refractivity contribution in [1.82, 2.24) is 4.98 Å². The van der Waals surface area contributed by atoms with Crippen molar-refractivity contribution in [2.75, 3.05) is 0 Å². The second kappa shape index (κ2) is 4.90. The maximum Gasteiger partial charge on any atom is 0.303 e. The lowest BCUT2D eigenvalue weighted by Crippen LogP contribution is -1.97. The van der Waals surface area contributed by atoms with Crippen LogP contribution in [-0.2, 0) is 11.2 Å². The molecule has 1 aromatic heterocycles. The number of benzene rings is 1. The van der Waals surface area contributed by atoms with Gasteiger partial charge in [0, 0.05) is 17.4 Å². The summed E-state index contributed by atoms with van der Waals surface area (Å²) in [5.74, 6) is -0.765. The summed E-state index contributed by atoms with van der Waals surface area (Å²) < 4.78 is 0. The molecule has 1 heterocycles. The monoisotopic (exact) mass is 233 g/mol. The van der Waals surface area contributed by atoms with Crippen LogP contribution in [0.3, 0.4) is 0 Å². The molecule has 0 bridgehead atoms. The van der Waals surface area contributed by atoms with Gasteiger partial charge >= 0.3 is 5.97 Å². The molecule has 0 atom stereocenters. The Labute approximate surface area is 97.4 Å². The fourth-order valence-corrected chi connectivity index (χ4v) is 2.05. The molecule has 0 fully saturated rings. The van der Waals surface area contributed by atoms with Gasteiger partial charge in [0.25, 0.3) is 0 Å². The highest BCUT2D eigenvalue weighted by atomic mass is 32.1. The molecule has 4 heteroatoms. The fraction of sp³-hybridized carbons (Fsp3) is 0.167. The standard InChI is InChI=1S/C12H11NO2S/c14-12(15)5-4-9-2-1-3-10(6-9)11-7-16-8-13-11/h1-3,6-8H,4-5H2,(H,14,15). The van der Waals surface area contributed by atoms with Gasteiger partial charge in [0.15, 0.2) is 0 Å². The van der Waals surface area contributed by atoms with E-state index in [4.69, 9.17) is 5.11 Å². The maximum atomic E-state index is 10.5. The SMILES string of the molecule is O=C(O)CCc1cccc(-c2cscn2)c1. The number of rotatable bonds is 4. The van der Waals surface area contributed by atoms with Crippen LogP contribution in [-0.4, -0.2) is 16.1 Å². The van der Waals surface area contributed by atoms with Crippen LogP contribution in [0.4, 0.5) is 0 Å². The molecule has 0 unspecified atom stereocenters. The molecule has 0 saturated heterocycles. The molecule has 1 N–H and O–H groups in total. The van der Waals surface area contributed by atoms with Gasteiger partial charge in [0.05, 0.1) is 11.2 Å². The van der Waals surface area contributed by atoms with Gasteiger partial charge in [-0.2, -0.15) is 0 Å². The van der Waals surface area contributed by atoms with Gasteiger partial charge in [-0.25, -0.2) is 4.98 Å². The lowest BCUT2D eigenvalue weighted by molar-refractivity contribution is -0.136. The number of hydrogen-bond donors (Lipinski definition) is 1. The number of aliphatic carboxylic acids is 1. The molecule has 0 aliphatic heterocycles. The van der Waals surface area contributed by atoms with Gasteiger partial charge < -0.3 is 5.11 Å². The largest absolute Gasteiger partial charge is 0.481 e. The first-order valence-electron chi connectivity index (χ1n) is 4.95. The topological polar surface area (TPSA) is 50.2 Å². The molecule has 1 aromatic carbocycles. The highest BCUT2D eigenvalue weighted by Crippen LogP contribution is 2.20.